The van der Waals surface area contributed by atoms with Crippen molar-refractivity contribution in [2.45, 2.75) is 33.4 Å². The van der Waals surface area contributed by atoms with Gasteiger partial charge in [0.2, 0.25) is 11.8 Å². The molecule has 1 atom stereocenters. The summed E-state index contributed by atoms with van der Waals surface area (Å²) in [6.45, 7) is 5.85. The minimum absolute atomic E-state index is 0.0643. The number of amides is 3. The van der Waals surface area contributed by atoms with Crippen molar-refractivity contribution in [1.82, 2.24) is 4.90 Å². The summed E-state index contributed by atoms with van der Waals surface area (Å²) in [6, 6.07) is 14.3. The van der Waals surface area contributed by atoms with Gasteiger partial charge in [0.25, 0.3) is 5.91 Å². The summed E-state index contributed by atoms with van der Waals surface area (Å²) in [7, 11) is 0. The number of rotatable bonds is 6. The Labute approximate surface area is 170 Å². The van der Waals surface area contributed by atoms with Gasteiger partial charge in [-0.1, -0.05) is 26.0 Å². The van der Waals surface area contributed by atoms with E-state index in [4.69, 9.17) is 0 Å². The lowest BCUT2D eigenvalue weighted by Crippen LogP contribution is -2.52. The van der Waals surface area contributed by atoms with E-state index in [2.05, 4.69) is 16.0 Å². The molecule has 0 unspecified atom stereocenters. The van der Waals surface area contributed by atoms with Gasteiger partial charge in [-0.2, -0.15) is 0 Å². The van der Waals surface area contributed by atoms with Gasteiger partial charge in [0.15, 0.2) is 0 Å². The Hall–Kier alpha value is -3.35. The maximum Gasteiger partial charge on any atom is 0.257 e. The number of hydrogen-bond donors (Lipinski definition) is 3. The van der Waals surface area contributed by atoms with E-state index in [0.29, 0.717) is 23.5 Å². The van der Waals surface area contributed by atoms with Crippen molar-refractivity contribution in [1.29, 1.82) is 0 Å². The third kappa shape index (κ3) is 4.93. The number of carbonyl (C=O) groups is 3. The molecule has 7 heteroatoms. The number of benzene rings is 2. The van der Waals surface area contributed by atoms with Crippen molar-refractivity contribution < 1.29 is 14.4 Å². The molecular formula is C22H26N4O3. The van der Waals surface area contributed by atoms with Crippen LogP contribution in [0.5, 0.6) is 0 Å². The second-order valence-corrected chi connectivity index (χ2v) is 7.43. The first-order chi connectivity index (χ1) is 13.8. The third-order valence-electron chi connectivity index (χ3n) is 4.76. The molecule has 3 N–H and O–H groups in total. The van der Waals surface area contributed by atoms with Gasteiger partial charge in [0.05, 0.1) is 5.56 Å². The Balaban J connectivity index is 1.62. The van der Waals surface area contributed by atoms with Crippen LogP contribution in [0, 0.1) is 5.92 Å². The summed E-state index contributed by atoms with van der Waals surface area (Å²) in [4.78, 5) is 38.2. The molecule has 0 saturated carbocycles. The molecule has 2 aromatic rings. The standard InChI is InChI=1S/C22H26N4O3/c1-14(2)21-25-19-7-5-4-6-18(19)22(29)26(21)13-12-20(28)24-17-10-8-16(9-11-17)23-15(3)27/h4-11,14,21,25H,12-13H2,1-3H3,(H,23,27)(H,24,28)/t21-/m0/s1. The van der Waals surface area contributed by atoms with Crippen molar-refractivity contribution in [2.24, 2.45) is 5.92 Å². The number of anilines is 3. The fourth-order valence-electron chi connectivity index (χ4n) is 3.37. The Morgan fingerprint density at radius 2 is 1.66 bits per heavy atom. The van der Waals surface area contributed by atoms with E-state index < -0.39 is 0 Å². The van der Waals surface area contributed by atoms with Crippen molar-refractivity contribution >= 4 is 34.8 Å². The molecule has 0 aliphatic carbocycles. The fraction of sp³-hybridized carbons (Fsp3) is 0.318. The lowest BCUT2D eigenvalue weighted by molar-refractivity contribution is -0.116. The zero-order valence-electron chi connectivity index (χ0n) is 16.9. The van der Waals surface area contributed by atoms with Crippen molar-refractivity contribution in [3.63, 3.8) is 0 Å². The summed E-state index contributed by atoms with van der Waals surface area (Å²) in [5, 5.41) is 8.92. The molecular weight excluding hydrogens is 368 g/mol. The van der Waals surface area contributed by atoms with Crippen LogP contribution in [0.2, 0.25) is 0 Å². The Morgan fingerprint density at radius 1 is 1.03 bits per heavy atom. The van der Waals surface area contributed by atoms with E-state index in [1.54, 1.807) is 35.2 Å². The Bertz CT molecular complexity index is 909. The molecule has 2 aromatic carbocycles. The van der Waals surface area contributed by atoms with Crippen LogP contribution in [0.3, 0.4) is 0 Å². The van der Waals surface area contributed by atoms with E-state index in [1.165, 1.54) is 6.92 Å². The molecule has 3 rings (SSSR count). The smallest absolute Gasteiger partial charge is 0.257 e. The first-order valence-corrected chi connectivity index (χ1v) is 9.69. The van der Waals surface area contributed by atoms with E-state index in [9.17, 15) is 14.4 Å². The van der Waals surface area contributed by atoms with E-state index in [-0.39, 0.29) is 36.2 Å². The molecule has 7 nitrogen and oxygen atoms in total. The minimum atomic E-state index is -0.175. The highest BCUT2D eigenvalue weighted by Crippen LogP contribution is 2.28. The van der Waals surface area contributed by atoms with Crippen LogP contribution in [-0.4, -0.2) is 35.3 Å². The summed E-state index contributed by atoms with van der Waals surface area (Å²) >= 11 is 0. The molecule has 0 radical (unpaired) electrons. The van der Waals surface area contributed by atoms with E-state index in [1.807, 2.05) is 32.0 Å². The Kier molecular flexibility index (Phi) is 6.16. The zero-order valence-corrected chi connectivity index (χ0v) is 16.9. The highest BCUT2D eigenvalue weighted by atomic mass is 16.2. The molecule has 1 aliphatic rings. The SMILES string of the molecule is CC(=O)Nc1ccc(NC(=O)CCN2C(=O)c3ccccc3N[C@@H]2C(C)C)cc1. The maximum atomic E-state index is 12.9. The minimum Gasteiger partial charge on any atom is -0.364 e. The Morgan fingerprint density at radius 3 is 2.28 bits per heavy atom. The van der Waals surface area contributed by atoms with Crippen molar-refractivity contribution in [3.8, 4) is 0 Å². The molecule has 0 aromatic heterocycles. The molecule has 0 spiro atoms. The zero-order chi connectivity index (χ0) is 21.0. The van der Waals surface area contributed by atoms with Gasteiger partial charge in [0.1, 0.15) is 6.17 Å². The topological polar surface area (TPSA) is 90.5 Å². The quantitative estimate of drug-likeness (QED) is 0.699. The van der Waals surface area contributed by atoms with Crippen LogP contribution in [0.4, 0.5) is 17.1 Å². The number of para-hydroxylation sites is 1. The lowest BCUT2D eigenvalue weighted by atomic mass is 10.0. The van der Waals surface area contributed by atoms with Crippen LogP contribution < -0.4 is 16.0 Å². The fourth-order valence-corrected chi connectivity index (χ4v) is 3.37. The first kappa shape index (κ1) is 20.4. The average Bonchev–Trinajstić information content (AvgIpc) is 2.68. The number of carbonyl (C=O) groups excluding carboxylic acids is 3. The molecule has 0 bridgehead atoms. The van der Waals surface area contributed by atoms with Gasteiger partial charge >= 0.3 is 0 Å². The summed E-state index contributed by atoms with van der Waals surface area (Å²) < 4.78 is 0. The van der Waals surface area contributed by atoms with Crippen LogP contribution in [-0.2, 0) is 9.59 Å². The molecule has 0 saturated heterocycles. The van der Waals surface area contributed by atoms with Crippen LogP contribution in [0.15, 0.2) is 48.5 Å². The second-order valence-electron chi connectivity index (χ2n) is 7.43. The summed E-state index contributed by atoms with van der Waals surface area (Å²) in [5.41, 5.74) is 2.76. The van der Waals surface area contributed by atoms with Gasteiger partial charge in [0, 0.05) is 37.0 Å². The van der Waals surface area contributed by atoms with Crippen LogP contribution >= 0.6 is 0 Å². The van der Waals surface area contributed by atoms with Gasteiger partial charge < -0.3 is 20.9 Å². The third-order valence-corrected chi connectivity index (χ3v) is 4.76. The van der Waals surface area contributed by atoms with E-state index in [0.717, 1.165) is 5.69 Å². The molecule has 29 heavy (non-hydrogen) atoms. The molecule has 1 aliphatic heterocycles. The van der Waals surface area contributed by atoms with Gasteiger partial charge in [-0.05, 0) is 42.3 Å². The number of fused-ring (bicyclic) bond motifs is 1. The lowest BCUT2D eigenvalue weighted by Gasteiger charge is -2.40. The first-order valence-electron chi connectivity index (χ1n) is 9.69. The highest BCUT2D eigenvalue weighted by molar-refractivity contribution is 6.02. The van der Waals surface area contributed by atoms with Crippen LogP contribution in [0.1, 0.15) is 37.6 Å². The predicted molar refractivity (Wildman–Crippen MR) is 114 cm³/mol. The second kappa shape index (κ2) is 8.77. The highest BCUT2D eigenvalue weighted by Gasteiger charge is 2.33. The predicted octanol–water partition coefficient (Wildman–Crippen LogP) is 3.52. The normalized spacial score (nSPS) is 15.5. The van der Waals surface area contributed by atoms with Gasteiger partial charge in [-0.25, -0.2) is 0 Å². The van der Waals surface area contributed by atoms with E-state index >= 15 is 0 Å². The molecule has 3 amide bonds. The number of hydrogen-bond acceptors (Lipinski definition) is 4. The largest absolute Gasteiger partial charge is 0.364 e. The monoisotopic (exact) mass is 394 g/mol. The number of nitrogens with one attached hydrogen (secondary N) is 3. The summed E-state index contributed by atoms with van der Waals surface area (Å²) in [5.74, 6) is -0.198. The average molecular weight is 394 g/mol. The molecule has 1 heterocycles. The summed E-state index contributed by atoms with van der Waals surface area (Å²) in [6.07, 6.45) is 0.0221. The van der Waals surface area contributed by atoms with Gasteiger partial charge in [-0.3, -0.25) is 14.4 Å². The maximum absolute atomic E-state index is 12.9. The molecule has 0 fully saturated rings. The van der Waals surface area contributed by atoms with Gasteiger partial charge in [-0.15, -0.1) is 0 Å². The van der Waals surface area contributed by atoms with Crippen molar-refractivity contribution in [3.05, 3.63) is 54.1 Å². The molecule has 152 valence electrons. The van der Waals surface area contributed by atoms with Crippen LogP contribution in [0.25, 0.3) is 0 Å². The number of nitrogens with zero attached hydrogens (tertiary/aromatic N) is 1. The van der Waals surface area contributed by atoms with Crippen molar-refractivity contribution in [2.75, 3.05) is 22.5 Å².